The molecule has 1 aliphatic carbocycles. The first kappa shape index (κ1) is 13.7. The predicted octanol–water partition coefficient (Wildman–Crippen LogP) is 4.44. The quantitative estimate of drug-likeness (QED) is 0.823. The first-order valence-electron chi connectivity index (χ1n) is 8.19. The molecule has 2 unspecified atom stereocenters. The Labute approximate surface area is 122 Å². The Morgan fingerprint density at radius 3 is 3.05 bits per heavy atom. The van der Waals surface area contributed by atoms with Crippen molar-refractivity contribution in [3.63, 3.8) is 0 Å². The fourth-order valence-corrected chi connectivity index (χ4v) is 3.76. The number of hydrogen-bond acceptors (Lipinski definition) is 2. The van der Waals surface area contributed by atoms with Crippen molar-refractivity contribution in [3.8, 4) is 0 Å². The van der Waals surface area contributed by atoms with Gasteiger partial charge in [-0.05, 0) is 55.4 Å². The number of rotatable bonds is 3. The number of Topliss-reactive ketones (excluding diaryl/α,β-unsaturated/α-hetero) is 1. The largest absolute Gasteiger partial charge is 0.385 e. The topological polar surface area (TPSA) is 29.1 Å². The van der Waals surface area contributed by atoms with Crippen molar-refractivity contribution in [2.24, 2.45) is 11.8 Å². The molecule has 0 bridgehead atoms. The number of nitrogens with one attached hydrogen (secondary N) is 1. The van der Waals surface area contributed by atoms with Crippen molar-refractivity contribution >= 4 is 11.5 Å². The number of anilines is 1. The third-order valence-electron chi connectivity index (χ3n) is 5.06. The van der Waals surface area contributed by atoms with Gasteiger partial charge in [0.25, 0.3) is 0 Å². The fourth-order valence-electron chi connectivity index (χ4n) is 3.76. The van der Waals surface area contributed by atoms with E-state index in [0.29, 0.717) is 5.78 Å². The van der Waals surface area contributed by atoms with Crippen LogP contribution in [0.4, 0.5) is 5.69 Å². The lowest BCUT2D eigenvalue weighted by Crippen LogP contribution is -2.23. The van der Waals surface area contributed by atoms with E-state index >= 15 is 0 Å². The standard InChI is InChI=1S/C18H25NO/c1-2-13-5-3-6-15(11-13)18(20)16-8-9-17-14(12-16)7-4-10-19-17/h8-9,12-13,15,19H,2-7,10-11H2,1H3. The Morgan fingerprint density at radius 1 is 1.30 bits per heavy atom. The minimum Gasteiger partial charge on any atom is -0.385 e. The van der Waals surface area contributed by atoms with Gasteiger partial charge in [0.05, 0.1) is 0 Å². The molecule has 20 heavy (non-hydrogen) atoms. The van der Waals surface area contributed by atoms with Gasteiger partial charge in [-0.3, -0.25) is 4.79 Å². The van der Waals surface area contributed by atoms with E-state index in [1.165, 1.54) is 36.9 Å². The summed E-state index contributed by atoms with van der Waals surface area (Å²) >= 11 is 0. The van der Waals surface area contributed by atoms with Crippen LogP contribution in [0.5, 0.6) is 0 Å². The van der Waals surface area contributed by atoms with Crippen LogP contribution in [-0.4, -0.2) is 12.3 Å². The maximum absolute atomic E-state index is 12.7. The van der Waals surface area contributed by atoms with Crippen LogP contribution in [0.25, 0.3) is 0 Å². The monoisotopic (exact) mass is 271 g/mol. The summed E-state index contributed by atoms with van der Waals surface area (Å²) in [4.78, 5) is 12.7. The maximum Gasteiger partial charge on any atom is 0.165 e. The zero-order chi connectivity index (χ0) is 13.9. The number of fused-ring (bicyclic) bond motifs is 1. The van der Waals surface area contributed by atoms with E-state index in [1.54, 1.807) is 0 Å². The van der Waals surface area contributed by atoms with E-state index in [2.05, 4.69) is 24.4 Å². The molecule has 0 radical (unpaired) electrons. The molecule has 0 spiro atoms. The summed E-state index contributed by atoms with van der Waals surface area (Å²) in [6.45, 7) is 3.31. The Hall–Kier alpha value is -1.31. The molecule has 1 aromatic rings. The van der Waals surface area contributed by atoms with Crippen LogP contribution >= 0.6 is 0 Å². The van der Waals surface area contributed by atoms with Crippen LogP contribution < -0.4 is 5.32 Å². The van der Waals surface area contributed by atoms with Crippen molar-refractivity contribution in [1.82, 2.24) is 0 Å². The minimum atomic E-state index is 0.267. The molecule has 2 heteroatoms. The van der Waals surface area contributed by atoms with E-state index in [-0.39, 0.29) is 5.92 Å². The molecule has 2 aliphatic rings. The van der Waals surface area contributed by atoms with Gasteiger partial charge in [-0.15, -0.1) is 0 Å². The molecular formula is C18H25NO. The molecule has 0 saturated heterocycles. The third-order valence-corrected chi connectivity index (χ3v) is 5.06. The lowest BCUT2D eigenvalue weighted by atomic mass is 9.77. The van der Waals surface area contributed by atoms with Crippen molar-refractivity contribution in [2.75, 3.05) is 11.9 Å². The zero-order valence-electron chi connectivity index (χ0n) is 12.5. The number of hydrogen-bond donors (Lipinski definition) is 1. The van der Waals surface area contributed by atoms with Crippen molar-refractivity contribution in [1.29, 1.82) is 0 Å². The smallest absolute Gasteiger partial charge is 0.165 e. The van der Waals surface area contributed by atoms with Crippen molar-refractivity contribution in [2.45, 2.75) is 51.9 Å². The Kier molecular flexibility index (Phi) is 4.09. The minimum absolute atomic E-state index is 0.267. The van der Waals surface area contributed by atoms with Gasteiger partial charge < -0.3 is 5.32 Å². The zero-order valence-corrected chi connectivity index (χ0v) is 12.5. The van der Waals surface area contributed by atoms with Gasteiger partial charge in [-0.2, -0.15) is 0 Å². The van der Waals surface area contributed by atoms with E-state index in [0.717, 1.165) is 37.3 Å². The third kappa shape index (κ3) is 2.74. The van der Waals surface area contributed by atoms with Crippen LogP contribution in [0.3, 0.4) is 0 Å². The Balaban J connectivity index is 1.76. The highest BCUT2D eigenvalue weighted by Crippen LogP contribution is 2.34. The second kappa shape index (κ2) is 5.99. The van der Waals surface area contributed by atoms with E-state index in [4.69, 9.17) is 0 Å². The average molecular weight is 271 g/mol. The van der Waals surface area contributed by atoms with Crippen LogP contribution in [0.2, 0.25) is 0 Å². The highest BCUT2D eigenvalue weighted by Gasteiger charge is 2.27. The molecule has 2 nitrogen and oxygen atoms in total. The molecule has 1 aromatic carbocycles. The summed E-state index contributed by atoms with van der Waals surface area (Å²) < 4.78 is 0. The highest BCUT2D eigenvalue weighted by atomic mass is 16.1. The number of aryl methyl sites for hydroxylation is 1. The normalized spacial score (nSPS) is 25.6. The molecule has 1 aliphatic heterocycles. The summed E-state index contributed by atoms with van der Waals surface area (Å²) in [6, 6.07) is 6.26. The lowest BCUT2D eigenvalue weighted by Gasteiger charge is -2.28. The van der Waals surface area contributed by atoms with Crippen LogP contribution in [-0.2, 0) is 6.42 Å². The van der Waals surface area contributed by atoms with Gasteiger partial charge in [0.2, 0.25) is 0 Å². The summed E-state index contributed by atoms with van der Waals surface area (Å²) in [5, 5.41) is 3.41. The summed E-state index contributed by atoms with van der Waals surface area (Å²) in [5.74, 6) is 1.41. The SMILES string of the molecule is CCC1CCCC(C(=O)c2ccc3c(c2)CCCN3)C1. The summed E-state index contributed by atoms with van der Waals surface area (Å²) in [6.07, 6.45) is 8.22. The summed E-state index contributed by atoms with van der Waals surface area (Å²) in [5.41, 5.74) is 3.49. The van der Waals surface area contributed by atoms with Gasteiger partial charge in [-0.1, -0.05) is 26.2 Å². The first-order valence-corrected chi connectivity index (χ1v) is 8.19. The van der Waals surface area contributed by atoms with Crippen LogP contribution in [0.15, 0.2) is 18.2 Å². The van der Waals surface area contributed by atoms with E-state index < -0.39 is 0 Å². The molecule has 108 valence electrons. The molecule has 2 atom stereocenters. The van der Waals surface area contributed by atoms with Crippen LogP contribution in [0.1, 0.15) is 61.4 Å². The van der Waals surface area contributed by atoms with Gasteiger partial charge in [0.15, 0.2) is 5.78 Å². The predicted molar refractivity (Wildman–Crippen MR) is 83.3 cm³/mol. The fraction of sp³-hybridized carbons (Fsp3) is 0.611. The molecule has 1 fully saturated rings. The number of benzene rings is 1. The van der Waals surface area contributed by atoms with Crippen LogP contribution in [0, 0.1) is 11.8 Å². The molecule has 1 N–H and O–H groups in total. The van der Waals surface area contributed by atoms with Gasteiger partial charge in [0, 0.05) is 23.7 Å². The first-order chi connectivity index (χ1) is 9.78. The van der Waals surface area contributed by atoms with Gasteiger partial charge in [-0.25, -0.2) is 0 Å². The molecule has 1 heterocycles. The Bertz CT molecular complexity index is 494. The second-order valence-electron chi connectivity index (χ2n) is 6.40. The van der Waals surface area contributed by atoms with Crippen molar-refractivity contribution in [3.05, 3.63) is 29.3 Å². The van der Waals surface area contributed by atoms with E-state index in [1.807, 2.05) is 6.07 Å². The highest BCUT2D eigenvalue weighted by molar-refractivity contribution is 5.98. The van der Waals surface area contributed by atoms with Gasteiger partial charge in [0.1, 0.15) is 0 Å². The maximum atomic E-state index is 12.7. The lowest BCUT2D eigenvalue weighted by molar-refractivity contribution is 0.0862. The molecular weight excluding hydrogens is 246 g/mol. The summed E-state index contributed by atoms with van der Waals surface area (Å²) in [7, 11) is 0. The Morgan fingerprint density at radius 2 is 2.20 bits per heavy atom. The number of carbonyl (C=O) groups is 1. The average Bonchev–Trinajstić information content (AvgIpc) is 2.53. The number of carbonyl (C=O) groups excluding carboxylic acids is 1. The molecule has 0 aromatic heterocycles. The molecule has 3 rings (SSSR count). The molecule has 1 saturated carbocycles. The van der Waals surface area contributed by atoms with Gasteiger partial charge >= 0.3 is 0 Å². The van der Waals surface area contributed by atoms with Crippen molar-refractivity contribution < 1.29 is 4.79 Å². The second-order valence-corrected chi connectivity index (χ2v) is 6.40. The van der Waals surface area contributed by atoms with E-state index in [9.17, 15) is 4.79 Å². The molecule has 0 amide bonds. The number of ketones is 1.